The summed E-state index contributed by atoms with van der Waals surface area (Å²) >= 11 is 1.61. The van der Waals surface area contributed by atoms with Gasteiger partial charge >= 0.3 is 0 Å². The number of hydrogen-bond donors (Lipinski definition) is 1. The number of ether oxygens (including phenoxy) is 1. The average molecular weight is 385 g/mol. The molecule has 1 fully saturated rings. The SMILES string of the molecule is Cc1cccn2c(CNCCc3cscn3)c(C(=O)N3CCOCC3)nc12. The van der Waals surface area contributed by atoms with Crippen LogP contribution in [0, 0.1) is 6.92 Å². The maximum Gasteiger partial charge on any atom is 0.274 e. The topological polar surface area (TPSA) is 71.8 Å². The highest BCUT2D eigenvalue weighted by atomic mass is 32.1. The molecule has 8 heteroatoms. The second-order valence-corrected chi connectivity index (χ2v) is 7.32. The van der Waals surface area contributed by atoms with Crippen molar-refractivity contribution in [3.8, 4) is 0 Å². The van der Waals surface area contributed by atoms with Crippen molar-refractivity contribution in [3.63, 3.8) is 0 Å². The van der Waals surface area contributed by atoms with E-state index in [0.717, 1.165) is 35.6 Å². The van der Waals surface area contributed by atoms with E-state index in [2.05, 4.69) is 15.7 Å². The van der Waals surface area contributed by atoms with Crippen LogP contribution in [0.25, 0.3) is 5.65 Å². The van der Waals surface area contributed by atoms with Crippen molar-refractivity contribution in [1.29, 1.82) is 0 Å². The lowest BCUT2D eigenvalue weighted by atomic mass is 10.2. The standard InChI is InChI=1S/C19H23N5O2S/c1-14-3-2-6-24-16(11-20-5-4-15-12-27-13-21-15)17(22-18(14)24)19(25)23-7-9-26-10-8-23/h2-3,6,12-13,20H,4-5,7-11H2,1H3. The number of carbonyl (C=O) groups excluding carboxylic acids is 1. The van der Waals surface area contributed by atoms with Gasteiger partial charge in [0.05, 0.1) is 30.1 Å². The summed E-state index contributed by atoms with van der Waals surface area (Å²) in [4.78, 5) is 23.9. The van der Waals surface area contributed by atoms with E-state index < -0.39 is 0 Å². The summed E-state index contributed by atoms with van der Waals surface area (Å²) in [5, 5.41) is 5.51. The molecule has 1 amide bonds. The van der Waals surface area contributed by atoms with Gasteiger partial charge in [0, 0.05) is 44.2 Å². The van der Waals surface area contributed by atoms with Gasteiger partial charge in [-0.05, 0) is 18.6 Å². The van der Waals surface area contributed by atoms with Gasteiger partial charge in [-0.1, -0.05) is 6.07 Å². The molecule has 4 rings (SSSR count). The number of nitrogens with zero attached hydrogens (tertiary/aromatic N) is 4. The Bertz CT molecular complexity index is 916. The molecule has 4 heterocycles. The van der Waals surface area contributed by atoms with Gasteiger partial charge in [-0.3, -0.25) is 4.79 Å². The number of aryl methyl sites for hydroxylation is 1. The van der Waals surface area contributed by atoms with Crippen LogP contribution in [-0.4, -0.2) is 58.0 Å². The van der Waals surface area contributed by atoms with Crippen LogP contribution in [0.4, 0.5) is 0 Å². The first-order chi connectivity index (χ1) is 13.2. The molecule has 3 aromatic heterocycles. The van der Waals surface area contributed by atoms with Crippen LogP contribution < -0.4 is 5.32 Å². The first-order valence-corrected chi connectivity index (χ1v) is 10.1. The number of aromatic nitrogens is 3. The maximum atomic E-state index is 13.1. The molecule has 0 aliphatic carbocycles. The third kappa shape index (κ3) is 3.87. The lowest BCUT2D eigenvalue weighted by Gasteiger charge is -2.26. The highest BCUT2D eigenvalue weighted by molar-refractivity contribution is 7.07. The summed E-state index contributed by atoms with van der Waals surface area (Å²) in [5.74, 6) is -0.0160. The second-order valence-electron chi connectivity index (χ2n) is 6.60. The zero-order valence-electron chi connectivity index (χ0n) is 15.4. The van der Waals surface area contributed by atoms with Crippen LogP contribution in [0.5, 0.6) is 0 Å². The molecule has 0 saturated carbocycles. The van der Waals surface area contributed by atoms with Crippen molar-refractivity contribution in [2.24, 2.45) is 0 Å². The van der Waals surface area contributed by atoms with E-state index in [9.17, 15) is 4.79 Å². The van der Waals surface area contributed by atoms with E-state index in [0.29, 0.717) is 38.5 Å². The molecule has 0 radical (unpaired) electrons. The highest BCUT2D eigenvalue weighted by Gasteiger charge is 2.25. The molecule has 0 unspecified atom stereocenters. The first-order valence-electron chi connectivity index (χ1n) is 9.15. The van der Waals surface area contributed by atoms with E-state index in [4.69, 9.17) is 9.72 Å². The van der Waals surface area contributed by atoms with Gasteiger partial charge in [0.2, 0.25) is 0 Å². The van der Waals surface area contributed by atoms with Crippen molar-refractivity contribution >= 4 is 22.9 Å². The zero-order valence-corrected chi connectivity index (χ0v) is 16.2. The lowest BCUT2D eigenvalue weighted by molar-refractivity contribution is 0.0298. The van der Waals surface area contributed by atoms with E-state index in [1.807, 2.05) is 40.1 Å². The molecule has 0 spiro atoms. The van der Waals surface area contributed by atoms with Crippen LogP contribution in [-0.2, 0) is 17.7 Å². The molecule has 1 aliphatic heterocycles. The Morgan fingerprint density at radius 3 is 3.00 bits per heavy atom. The Kier molecular flexibility index (Phi) is 5.47. The normalized spacial score (nSPS) is 14.8. The number of thiazole rings is 1. The molecule has 3 aromatic rings. The summed E-state index contributed by atoms with van der Waals surface area (Å²) in [6, 6.07) is 4.01. The zero-order chi connectivity index (χ0) is 18.6. The smallest absolute Gasteiger partial charge is 0.274 e. The quantitative estimate of drug-likeness (QED) is 0.656. The average Bonchev–Trinajstić information content (AvgIpc) is 3.34. The number of nitrogens with one attached hydrogen (secondary N) is 1. The third-order valence-corrected chi connectivity index (χ3v) is 5.41. The largest absolute Gasteiger partial charge is 0.378 e. The second kappa shape index (κ2) is 8.16. The summed E-state index contributed by atoms with van der Waals surface area (Å²) in [5.41, 5.74) is 6.27. The molecule has 0 atom stereocenters. The van der Waals surface area contributed by atoms with Crippen molar-refractivity contribution in [1.82, 2.24) is 24.6 Å². The predicted molar refractivity (Wildman–Crippen MR) is 104 cm³/mol. The van der Waals surface area contributed by atoms with Gasteiger partial charge in [-0.15, -0.1) is 11.3 Å². The van der Waals surface area contributed by atoms with Crippen LogP contribution in [0.15, 0.2) is 29.2 Å². The van der Waals surface area contributed by atoms with Gasteiger partial charge in [0.25, 0.3) is 5.91 Å². The number of carbonyl (C=O) groups is 1. The molecule has 0 bridgehead atoms. The van der Waals surface area contributed by atoms with Crippen molar-refractivity contribution in [2.75, 3.05) is 32.8 Å². The molecular formula is C19H23N5O2S. The number of imidazole rings is 1. The Morgan fingerprint density at radius 2 is 2.22 bits per heavy atom. The highest BCUT2D eigenvalue weighted by Crippen LogP contribution is 2.18. The van der Waals surface area contributed by atoms with Crippen LogP contribution in [0.2, 0.25) is 0 Å². The third-order valence-electron chi connectivity index (χ3n) is 4.78. The van der Waals surface area contributed by atoms with Gasteiger partial charge in [-0.25, -0.2) is 9.97 Å². The van der Waals surface area contributed by atoms with Crippen LogP contribution >= 0.6 is 11.3 Å². The minimum absolute atomic E-state index is 0.0160. The van der Waals surface area contributed by atoms with E-state index in [1.54, 1.807) is 11.3 Å². The molecule has 1 aliphatic rings. The fraction of sp³-hybridized carbons (Fsp3) is 0.421. The number of hydrogen-bond acceptors (Lipinski definition) is 6. The monoisotopic (exact) mass is 385 g/mol. The number of amides is 1. The summed E-state index contributed by atoms with van der Waals surface area (Å²) < 4.78 is 7.40. The summed E-state index contributed by atoms with van der Waals surface area (Å²) in [6.07, 6.45) is 2.84. The molecule has 1 saturated heterocycles. The predicted octanol–water partition coefficient (Wildman–Crippen LogP) is 1.90. The van der Waals surface area contributed by atoms with Gasteiger partial charge in [0.15, 0.2) is 5.69 Å². The number of morpholine rings is 1. The molecule has 7 nitrogen and oxygen atoms in total. The molecule has 1 N–H and O–H groups in total. The van der Waals surface area contributed by atoms with Crippen molar-refractivity contribution in [2.45, 2.75) is 19.9 Å². The molecule has 0 aromatic carbocycles. The number of rotatable bonds is 6. The van der Waals surface area contributed by atoms with Gasteiger partial charge in [0.1, 0.15) is 5.65 Å². The Labute approximate surface area is 162 Å². The fourth-order valence-corrected chi connectivity index (χ4v) is 3.89. The van der Waals surface area contributed by atoms with Crippen molar-refractivity contribution < 1.29 is 9.53 Å². The van der Waals surface area contributed by atoms with Crippen molar-refractivity contribution in [3.05, 3.63) is 51.9 Å². The van der Waals surface area contributed by atoms with E-state index >= 15 is 0 Å². The lowest BCUT2D eigenvalue weighted by Crippen LogP contribution is -2.41. The van der Waals surface area contributed by atoms with Gasteiger partial charge < -0.3 is 19.4 Å². The number of pyridine rings is 1. The Hall–Kier alpha value is -2.29. The van der Waals surface area contributed by atoms with Crippen LogP contribution in [0.3, 0.4) is 0 Å². The summed E-state index contributed by atoms with van der Waals surface area (Å²) in [6.45, 7) is 5.79. The molecular weight excluding hydrogens is 362 g/mol. The van der Waals surface area contributed by atoms with E-state index in [1.165, 1.54) is 0 Å². The maximum absolute atomic E-state index is 13.1. The molecule has 27 heavy (non-hydrogen) atoms. The number of fused-ring (bicyclic) bond motifs is 1. The minimum Gasteiger partial charge on any atom is -0.378 e. The van der Waals surface area contributed by atoms with E-state index in [-0.39, 0.29) is 5.91 Å². The fourth-order valence-electron chi connectivity index (χ4n) is 3.29. The van der Waals surface area contributed by atoms with Gasteiger partial charge in [-0.2, -0.15) is 0 Å². The minimum atomic E-state index is -0.0160. The Balaban J connectivity index is 1.56. The van der Waals surface area contributed by atoms with Crippen LogP contribution in [0.1, 0.15) is 27.4 Å². The Morgan fingerprint density at radius 1 is 1.37 bits per heavy atom. The molecule has 142 valence electrons. The summed E-state index contributed by atoms with van der Waals surface area (Å²) in [7, 11) is 0. The first kappa shape index (κ1) is 18.1.